The Kier molecular flexibility index (Phi) is 6.51. The largest absolute Gasteiger partial charge is 0.495 e. The van der Waals surface area contributed by atoms with E-state index in [2.05, 4.69) is 20.5 Å². The molecule has 9 heteroatoms. The van der Waals surface area contributed by atoms with Gasteiger partial charge in [0.1, 0.15) is 5.75 Å². The Hall–Kier alpha value is -3.04. The SMILES string of the molecule is COc1ccc([N+](=O)[O-])cc1NC(=O)CCN1CCNCC1c1cccnc1. The molecule has 1 saturated heterocycles. The van der Waals surface area contributed by atoms with Crippen molar-refractivity contribution in [3.63, 3.8) is 0 Å². The van der Waals surface area contributed by atoms with Gasteiger partial charge in [-0.05, 0) is 17.7 Å². The summed E-state index contributed by atoms with van der Waals surface area (Å²) in [4.78, 5) is 29.4. The molecule has 2 heterocycles. The number of pyridine rings is 1. The van der Waals surface area contributed by atoms with Crippen LogP contribution in [0.5, 0.6) is 5.75 Å². The normalized spacial score (nSPS) is 17.1. The lowest BCUT2D eigenvalue weighted by Crippen LogP contribution is -2.46. The molecule has 0 spiro atoms. The highest BCUT2D eigenvalue weighted by Gasteiger charge is 2.24. The van der Waals surface area contributed by atoms with Crippen LogP contribution in [0, 0.1) is 10.1 Å². The first-order valence-corrected chi connectivity index (χ1v) is 9.05. The number of nitrogens with one attached hydrogen (secondary N) is 2. The van der Waals surface area contributed by atoms with E-state index in [0.29, 0.717) is 18.0 Å². The zero-order valence-corrected chi connectivity index (χ0v) is 15.6. The Morgan fingerprint density at radius 1 is 1.46 bits per heavy atom. The Bertz CT molecular complexity index is 830. The van der Waals surface area contributed by atoms with E-state index in [-0.39, 0.29) is 24.1 Å². The maximum absolute atomic E-state index is 12.5. The summed E-state index contributed by atoms with van der Waals surface area (Å²) in [5, 5.41) is 17.1. The molecule has 0 radical (unpaired) electrons. The number of carbonyl (C=O) groups excluding carboxylic acids is 1. The van der Waals surface area contributed by atoms with Crippen molar-refractivity contribution >= 4 is 17.3 Å². The molecular formula is C19H23N5O4. The van der Waals surface area contributed by atoms with Gasteiger partial charge in [-0.3, -0.25) is 24.8 Å². The molecule has 2 aromatic rings. The average molecular weight is 385 g/mol. The second kappa shape index (κ2) is 9.25. The maximum Gasteiger partial charge on any atom is 0.271 e. The number of ether oxygens (including phenoxy) is 1. The summed E-state index contributed by atoms with van der Waals surface area (Å²) in [6.45, 7) is 3.06. The Balaban J connectivity index is 1.63. The number of hydrogen-bond acceptors (Lipinski definition) is 7. The summed E-state index contributed by atoms with van der Waals surface area (Å²) in [6.07, 6.45) is 3.85. The Labute approximate surface area is 162 Å². The van der Waals surface area contributed by atoms with Crippen molar-refractivity contribution in [2.24, 2.45) is 0 Å². The number of amides is 1. The van der Waals surface area contributed by atoms with Gasteiger partial charge in [-0.25, -0.2) is 0 Å². The molecule has 1 aromatic heterocycles. The van der Waals surface area contributed by atoms with Crippen molar-refractivity contribution in [1.29, 1.82) is 0 Å². The summed E-state index contributed by atoms with van der Waals surface area (Å²) < 4.78 is 5.19. The van der Waals surface area contributed by atoms with Gasteiger partial charge >= 0.3 is 0 Å². The third kappa shape index (κ3) is 4.81. The fraction of sp³-hybridized carbons (Fsp3) is 0.368. The molecule has 0 bridgehead atoms. The lowest BCUT2D eigenvalue weighted by Gasteiger charge is -2.36. The monoisotopic (exact) mass is 385 g/mol. The first-order chi connectivity index (χ1) is 13.6. The first kappa shape index (κ1) is 19.7. The third-order valence-corrected chi connectivity index (χ3v) is 4.72. The minimum Gasteiger partial charge on any atom is -0.495 e. The van der Waals surface area contributed by atoms with E-state index in [1.165, 1.54) is 25.3 Å². The lowest BCUT2D eigenvalue weighted by molar-refractivity contribution is -0.384. The van der Waals surface area contributed by atoms with Gasteiger partial charge in [0.25, 0.3) is 5.69 Å². The van der Waals surface area contributed by atoms with E-state index in [4.69, 9.17) is 4.74 Å². The van der Waals surface area contributed by atoms with Gasteiger partial charge in [-0.2, -0.15) is 0 Å². The maximum atomic E-state index is 12.5. The molecule has 9 nitrogen and oxygen atoms in total. The molecule has 1 aliphatic heterocycles. The van der Waals surface area contributed by atoms with Gasteiger partial charge in [-0.15, -0.1) is 0 Å². The van der Waals surface area contributed by atoms with E-state index in [1.54, 1.807) is 6.20 Å². The molecule has 1 atom stereocenters. The molecule has 0 saturated carbocycles. The van der Waals surface area contributed by atoms with Crippen LogP contribution in [0.2, 0.25) is 0 Å². The average Bonchev–Trinajstić information content (AvgIpc) is 2.73. The first-order valence-electron chi connectivity index (χ1n) is 9.05. The van der Waals surface area contributed by atoms with Crippen LogP contribution < -0.4 is 15.4 Å². The minimum absolute atomic E-state index is 0.102. The van der Waals surface area contributed by atoms with Crippen LogP contribution >= 0.6 is 0 Å². The van der Waals surface area contributed by atoms with Crippen LogP contribution in [0.25, 0.3) is 0 Å². The number of hydrogen-bond donors (Lipinski definition) is 2. The van der Waals surface area contributed by atoms with Crippen molar-refractivity contribution in [1.82, 2.24) is 15.2 Å². The van der Waals surface area contributed by atoms with Crippen LogP contribution in [-0.2, 0) is 4.79 Å². The Morgan fingerprint density at radius 3 is 3.04 bits per heavy atom. The van der Waals surface area contributed by atoms with Gasteiger partial charge in [0, 0.05) is 63.2 Å². The quantitative estimate of drug-likeness (QED) is 0.554. The number of nitrogens with zero attached hydrogens (tertiary/aromatic N) is 3. The second-order valence-corrected chi connectivity index (χ2v) is 6.48. The molecule has 1 aromatic carbocycles. The number of rotatable bonds is 7. The molecule has 3 rings (SSSR count). The van der Waals surface area contributed by atoms with E-state index in [0.717, 1.165) is 25.2 Å². The summed E-state index contributed by atoms with van der Waals surface area (Å²) in [5.41, 5.74) is 1.30. The topological polar surface area (TPSA) is 110 Å². The molecule has 1 unspecified atom stereocenters. The van der Waals surface area contributed by atoms with Crippen LogP contribution in [0.4, 0.5) is 11.4 Å². The molecule has 2 N–H and O–H groups in total. The number of anilines is 1. The fourth-order valence-corrected chi connectivity index (χ4v) is 3.28. The van der Waals surface area contributed by atoms with Crippen LogP contribution in [-0.4, -0.2) is 54.0 Å². The molecular weight excluding hydrogens is 362 g/mol. The number of methoxy groups -OCH3 is 1. The summed E-state index contributed by atoms with van der Waals surface area (Å²) in [6, 6.07) is 8.22. The highest BCUT2D eigenvalue weighted by atomic mass is 16.6. The van der Waals surface area contributed by atoms with E-state index >= 15 is 0 Å². The van der Waals surface area contributed by atoms with Gasteiger partial charge in [0.2, 0.25) is 5.91 Å². The fourth-order valence-electron chi connectivity index (χ4n) is 3.28. The molecule has 1 fully saturated rings. The molecule has 0 aliphatic carbocycles. The van der Waals surface area contributed by atoms with E-state index in [9.17, 15) is 14.9 Å². The molecule has 1 aliphatic rings. The predicted octanol–water partition coefficient (Wildman–Crippen LogP) is 1.97. The lowest BCUT2D eigenvalue weighted by atomic mass is 10.1. The van der Waals surface area contributed by atoms with Crippen LogP contribution in [0.3, 0.4) is 0 Å². The number of carbonyl (C=O) groups is 1. The molecule has 148 valence electrons. The number of non-ortho nitro benzene ring substituents is 1. The minimum atomic E-state index is -0.506. The van der Waals surface area contributed by atoms with Gasteiger partial charge < -0.3 is 15.4 Å². The summed E-state index contributed by atoms with van der Waals surface area (Å²) in [7, 11) is 1.45. The van der Waals surface area contributed by atoms with Crippen LogP contribution in [0.1, 0.15) is 18.0 Å². The van der Waals surface area contributed by atoms with Gasteiger partial charge in [-0.1, -0.05) is 6.07 Å². The predicted molar refractivity (Wildman–Crippen MR) is 104 cm³/mol. The zero-order chi connectivity index (χ0) is 19.9. The van der Waals surface area contributed by atoms with Crippen molar-refractivity contribution in [2.75, 3.05) is 38.6 Å². The zero-order valence-electron chi connectivity index (χ0n) is 15.6. The van der Waals surface area contributed by atoms with Crippen LogP contribution in [0.15, 0.2) is 42.7 Å². The van der Waals surface area contributed by atoms with E-state index < -0.39 is 4.92 Å². The second-order valence-electron chi connectivity index (χ2n) is 6.48. The number of aromatic nitrogens is 1. The molecule has 1 amide bonds. The van der Waals surface area contributed by atoms with Crippen molar-refractivity contribution in [2.45, 2.75) is 12.5 Å². The third-order valence-electron chi connectivity index (χ3n) is 4.72. The summed E-state index contributed by atoms with van der Waals surface area (Å²) >= 11 is 0. The highest BCUT2D eigenvalue weighted by Crippen LogP contribution is 2.29. The Morgan fingerprint density at radius 2 is 2.32 bits per heavy atom. The standard InChI is InChI=1S/C19H23N5O4/c1-28-18-5-4-15(24(26)27)11-16(18)22-19(25)6-9-23-10-8-21-13-17(23)14-3-2-7-20-12-14/h2-5,7,11-12,17,21H,6,8-10,13H2,1H3,(H,22,25). The number of nitro groups is 1. The van der Waals surface area contributed by atoms with Crippen molar-refractivity contribution in [3.8, 4) is 5.75 Å². The molecule has 28 heavy (non-hydrogen) atoms. The number of nitro benzene ring substituents is 1. The smallest absolute Gasteiger partial charge is 0.271 e. The van der Waals surface area contributed by atoms with Crippen molar-refractivity contribution < 1.29 is 14.5 Å². The number of benzene rings is 1. The van der Waals surface area contributed by atoms with Gasteiger partial charge in [0.05, 0.1) is 17.7 Å². The highest BCUT2D eigenvalue weighted by molar-refractivity contribution is 5.92. The summed E-state index contributed by atoms with van der Waals surface area (Å²) in [5.74, 6) is 0.164. The van der Waals surface area contributed by atoms with E-state index in [1.807, 2.05) is 18.3 Å². The van der Waals surface area contributed by atoms with Gasteiger partial charge in [0.15, 0.2) is 0 Å². The van der Waals surface area contributed by atoms with Crippen molar-refractivity contribution in [3.05, 3.63) is 58.4 Å². The number of piperazine rings is 1.